The van der Waals surface area contributed by atoms with Crippen molar-refractivity contribution in [2.75, 3.05) is 11.1 Å². The maximum Gasteiger partial charge on any atom is 0.155 e. The lowest BCUT2D eigenvalue weighted by Crippen LogP contribution is -2.02. The van der Waals surface area contributed by atoms with Gasteiger partial charge in [-0.25, -0.2) is 9.97 Å². The summed E-state index contributed by atoms with van der Waals surface area (Å²) < 4.78 is 0. The van der Waals surface area contributed by atoms with Crippen molar-refractivity contribution < 1.29 is 0 Å². The number of halogens is 1. The van der Waals surface area contributed by atoms with Gasteiger partial charge in [0.2, 0.25) is 0 Å². The third-order valence-electron chi connectivity index (χ3n) is 2.30. The van der Waals surface area contributed by atoms with Crippen molar-refractivity contribution in [1.29, 1.82) is 0 Å². The fourth-order valence-corrected chi connectivity index (χ4v) is 1.57. The van der Waals surface area contributed by atoms with E-state index in [-0.39, 0.29) is 5.82 Å². The number of nitrogens with zero attached hydrogens (tertiary/aromatic N) is 2. The van der Waals surface area contributed by atoms with Crippen molar-refractivity contribution in [3.63, 3.8) is 0 Å². The van der Waals surface area contributed by atoms with Crippen LogP contribution in [-0.4, -0.2) is 9.97 Å². The minimum Gasteiger partial charge on any atom is -0.382 e. The molecule has 0 radical (unpaired) electrons. The van der Waals surface area contributed by atoms with E-state index in [1.165, 1.54) is 5.56 Å². The molecule has 1 aromatic heterocycles. The first-order valence-electron chi connectivity index (χ1n) is 5.19. The molecule has 0 unspecified atom stereocenters. The molecule has 5 heteroatoms. The van der Waals surface area contributed by atoms with Crippen LogP contribution in [0.2, 0.25) is 5.02 Å². The van der Waals surface area contributed by atoms with Crippen LogP contribution in [0.15, 0.2) is 24.3 Å². The second-order valence-corrected chi connectivity index (χ2v) is 4.19. The van der Waals surface area contributed by atoms with Crippen LogP contribution in [0.4, 0.5) is 17.3 Å². The molecule has 17 heavy (non-hydrogen) atoms. The topological polar surface area (TPSA) is 63.8 Å². The summed E-state index contributed by atoms with van der Waals surface area (Å²) in [5.74, 6) is 1.40. The van der Waals surface area contributed by atoms with Crippen LogP contribution < -0.4 is 11.1 Å². The summed E-state index contributed by atoms with van der Waals surface area (Å²) in [7, 11) is 0. The van der Waals surface area contributed by atoms with Crippen LogP contribution >= 0.6 is 11.6 Å². The largest absolute Gasteiger partial charge is 0.382 e. The van der Waals surface area contributed by atoms with Gasteiger partial charge in [-0.2, -0.15) is 0 Å². The number of rotatable bonds is 2. The van der Waals surface area contributed by atoms with Crippen LogP contribution in [0.25, 0.3) is 0 Å². The van der Waals surface area contributed by atoms with E-state index in [2.05, 4.69) is 15.3 Å². The minimum atomic E-state index is 0.286. The van der Waals surface area contributed by atoms with Crippen molar-refractivity contribution in [1.82, 2.24) is 9.97 Å². The lowest BCUT2D eigenvalue weighted by atomic mass is 10.2. The Kier molecular flexibility index (Phi) is 3.15. The Balaban J connectivity index is 2.32. The zero-order chi connectivity index (χ0) is 12.4. The predicted octanol–water partition coefficient (Wildman–Crippen LogP) is 3.07. The number of hydrogen-bond donors (Lipinski definition) is 2. The lowest BCUT2D eigenvalue weighted by molar-refractivity contribution is 1.06. The van der Waals surface area contributed by atoms with Gasteiger partial charge in [0.1, 0.15) is 16.7 Å². The maximum absolute atomic E-state index is 6.03. The summed E-state index contributed by atoms with van der Waals surface area (Å²) in [6.45, 7) is 3.80. The molecule has 0 aliphatic carbocycles. The van der Waals surface area contributed by atoms with Gasteiger partial charge in [0.05, 0.1) is 0 Å². The number of aromatic nitrogens is 2. The van der Waals surface area contributed by atoms with Gasteiger partial charge in [-0.1, -0.05) is 29.3 Å². The average Bonchev–Trinajstić information content (AvgIpc) is 2.28. The molecule has 1 aromatic carbocycles. The molecule has 0 saturated heterocycles. The Labute approximate surface area is 105 Å². The fraction of sp³-hybridized carbons (Fsp3) is 0.167. The summed E-state index contributed by atoms with van der Waals surface area (Å²) in [5, 5.41) is 3.46. The monoisotopic (exact) mass is 248 g/mol. The average molecular weight is 249 g/mol. The van der Waals surface area contributed by atoms with E-state index in [1.807, 2.05) is 31.2 Å². The predicted molar refractivity (Wildman–Crippen MR) is 70.7 cm³/mol. The number of hydrogen-bond acceptors (Lipinski definition) is 4. The third-order valence-corrected chi connectivity index (χ3v) is 2.68. The molecule has 1 heterocycles. The second kappa shape index (κ2) is 4.59. The van der Waals surface area contributed by atoms with Crippen molar-refractivity contribution in [2.24, 2.45) is 0 Å². The van der Waals surface area contributed by atoms with Crippen molar-refractivity contribution in [3.05, 3.63) is 40.7 Å². The second-order valence-electron chi connectivity index (χ2n) is 3.81. The molecule has 0 spiro atoms. The molecule has 0 atom stereocenters. The molecule has 2 rings (SSSR count). The summed E-state index contributed by atoms with van der Waals surface area (Å²) in [5.41, 5.74) is 7.78. The highest BCUT2D eigenvalue weighted by Gasteiger charge is 2.08. The molecule has 0 aliphatic rings. The molecular formula is C12H13ClN4. The number of anilines is 3. The van der Waals surface area contributed by atoms with Gasteiger partial charge in [-0.15, -0.1) is 0 Å². The highest BCUT2D eigenvalue weighted by atomic mass is 35.5. The summed E-state index contributed by atoms with van der Waals surface area (Å²) in [4.78, 5) is 8.20. The Morgan fingerprint density at radius 2 is 1.76 bits per heavy atom. The van der Waals surface area contributed by atoms with E-state index >= 15 is 0 Å². The third kappa shape index (κ3) is 2.65. The Bertz CT molecular complexity index is 537. The first kappa shape index (κ1) is 11.7. The van der Waals surface area contributed by atoms with Gasteiger partial charge < -0.3 is 11.1 Å². The SMILES string of the molecule is Cc1ccc(Nc2nc(C)nc(N)c2Cl)cc1. The molecule has 88 valence electrons. The molecule has 4 nitrogen and oxygen atoms in total. The van der Waals surface area contributed by atoms with Gasteiger partial charge in [-0.3, -0.25) is 0 Å². The fourth-order valence-electron chi connectivity index (χ4n) is 1.44. The van der Waals surface area contributed by atoms with Gasteiger partial charge in [0, 0.05) is 5.69 Å². The first-order chi connectivity index (χ1) is 8.06. The van der Waals surface area contributed by atoms with Crippen molar-refractivity contribution in [2.45, 2.75) is 13.8 Å². The van der Waals surface area contributed by atoms with Gasteiger partial charge in [0.15, 0.2) is 5.82 Å². The number of benzene rings is 1. The normalized spacial score (nSPS) is 10.3. The van der Waals surface area contributed by atoms with E-state index in [4.69, 9.17) is 17.3 Å². The number of nitrogens with one attached hydrogen (secondary N) is 1. The number of nitrogen functional groups attached to an aromatic ring is 1. The van der Waals surface area contributed by atoms with Gasteiger partial charge in [-0.05, 0) is 26.0 Å². The smallest absolute Gasteiger partial charge is 0.155 e. The van der Waals surface area contributed by atoms with Crippen LogP contribution in [0, 0.1) is 13.8 Å². The van der Waals surface area contributed by atoms with E-state index in [9.17, 15) is 0 Å². The van der Waals surface area contributed by atoms with Crippen LogP contribution in [0.1, 0.15) is 11.4 Å². The Morgan fingerprint density at radius 3 is 2.41 bits per heavy atom. The molecule has 2 aromatic rings. The van der Waals surface area contributed by atoms with E-state index in [0.717, 1.165) is 5.69 Å². The summed E-state index contributed by atoms with van der Waals surface area (Å²) >= 11 is 6.03. The zero-order valence-corrected chi connectivity index (χ0v) is 10.4. The lowest BCUT2D eigenvalue weighted by Gasteiger charge is -2.09. The molecule has 0 fully saturated rings. The van der Waals surface area contributed by atoms with Crippen molar-refractivity contribution >= 4 is 28.9 Å². The molecule has 0 saturated carbocycles. The van der Waals surface area contributed by atoms with E-state index in [1.54, 1.807) is 6.92 Å². The Morgan fingerprint density at radius 1 is 1.12 bits per heavy atom. The van der Waals surface area contributed by atoms with Gasteiger partial charge in [0.25, 0.3) is 0 Å². The zero-order valence-electron chi connectivity index (χ0n) is 9.66. The van der Waals surface area contributed by atoms with Crippen molar-refractivity contribution in [3.8, 4) is 0 Å². The standard InChI is InChI=1S/C12H13ClN4/c1-7-3-5-9(6-4-7)17-12-10(13)11(14)15-8(2)16-12/h3-6H,1-2H3,(H3,14,15,16,17). The van der Waals surface area contributed by atoms with E-state index in [0.29, 0.717) is 16.7 Å². The van der Waals surface area contributed by atoms with Crippen LogP contribution in [0.3, 0.4) is 0 Å². The minimum absolute atomic E-state index is 0.286. The van der Waals surface area contributed by atoms with Crippen LogP contribution in [-0.2, 0) is 0 Å². The highest BCUT2D eigenvalue weighted by Crippen LogP contribution is 2.27. The first-order valence-corrected chi connectivity index (χ1v) is 5.57. The Hall–Kier alpha value is -1.81. The van der Waals surface area contributed by atoms with Crippen LogP contribution in [0.5, 0.6) is 0 Å². The molecule has 0 amide bonds. The number of aryl methyl sites for hydroxylation is 2. The molecular weight excluding hydrogens is 236 g/mol. The molecule has 0 bridgehead atoms. The summed E-state index contributed by atoms with van der Waals surface area (Å²) in [6, 6.07) is 7.93. The quantitative estimate of drug-likeness (QED) is 0.857. The maximum atomic E-state index is 6.03. The summed E-state index contributed by atoms with van der Waals surface area (Å²) in [6.07, 6.45) is 0. The van der Waals surface area contributed by atoms with E-state index < -0.39 is 0 Å². The number of nitrogens with two attached hydrogens (primary N) is 1. The highest BCUT2D eigenvalue weighted by molar-refractivity contribution is 6.35. The molecule has 0 aliphatic heterocycles. The van der Waals surface area contributed by atoms with Gasteiger partial charge >= 0.3 is 0 Å². The molecule has 3 N–H and O–H groups in total.